The van der Waals surface area contributed by atoms with E-state index in [1.165, 1.54) is 0 Å². The van der Waals surface area contributed by atoms with Gasteiger partial charge in [-0.25, -0.2) is 4.98 Å². The summed E-state index contributed by atoms with van der Waals surface area (Å²) in [5, 5.41) is 8.10. The highest BCUT2D eigenvalue weighted by Gasteiger charge is 2.12. The summed E-state index contributed by atoms with van der Waals surface area (Å²) in [6.45, 7) is 2.84. The summed E-state index contributed by atoms with van der Waals surface area (Å²) in [6, 6.07) is 10.1. The van der Waals surface area contributed by atoms with E-state index in [9.17, 15) is 0 Å². The van der Waals surface area contributed by atoms with E-state index >= 15 is 0 Å². The molecule has 3 rings (SSSR count). The molecule has 2 aromatic heterocycles. The Morgan fingerprint density at radius 1 is 1.32 bits per heavy atom. The van der Waals surface area contributed by atoms with Crippen LogP contribution in [0.15, 0.2) is 36.5 Å². The summed E-state index contributed by atoms with van der Waals surface area (Å²) in [5.74, 6) is 0.854. The van der Waals surface area contributed by atoms with Crippen LogP contribution in [-0.4, -0.2) is 19.7 Å². The van der Waals surface area contributed by atoms with Gasteiger partial charge in [-0.15, -0.1) is 11.3 Å². The molecule has 2 heterocycles. The predicted molar refractivity (Wildman–Crippen MR) is 79.6 cm³/mol. The Bertz CT molecular complexity index is 739. The van der Waals surface area contributed by atoms with Crippen LogP contribution < -0.4 is 0 Å². The molecule has 0 aliphatic rings. The number of aromatic amines is 1. The van der Waals surface area contributed by atoms with Gasteiger partial charge in [0.2, 0.25) is 0 Å². The zero-order valence-corrected chi connectivity index (χ0v) is 12.0. The molecule has 0 bridgehead atoms. The second kappa shape index (κ2) is 5.07. The zero-order valence-electron chi connectivity index (χ0n) is 10.3. The SMILES string of the molecule is CCn1c(-c2cnc(-c3ccccc3)s2)n[nH]c1=S. The van der Waals surface area contributed by atoms with Gasteiger partial charge < -0.3 is 0 Å². The summed E-state index contributed by atoms with van der Waals surface area (Å²) in [7, 11) is 0. The number of benzene rings is 1. The van der Waals surface area contributed by atoms with E-state index in [0.717, 1.165) is 27.8 Å². The largest absolute Gasteiger partial charge is 0.300 e. The first-order valence-electron chi connectivity index (χ1n) is 5.96. The van der Waals surface area contributed by atoms with E-state index in [0.29, 0.717) is 4.77 Å². The quantitative estimate of drug-likeness (QED) is 0.747. The van der Waals surface area contributed by atoms with E-state index in [1.54, 1.807) is 11.3 Å². The molecule has 0 saturated heterocycles. The van der Waals surface area contributed by atoms with Gasteiger partial charge >= 0.3 is 0 Å². The van der Waals surface area contributed by atoms with Crippen LogP contribution in [0.3, 0.4) is 0 Å². The van der Waals surface area contributed by atoms with Gasteiger partial charge in [0.05, 0.1) is 4.88 Å². The highest BCUT2D eigenvalue weighted by molar-refractivity contribution is 7.71. The third-order valence-electron chi connectivity index (χ3n) is 2.82. The summed E-state index contributed by atoms with van der Waals surface area (Å²) >= 11 is 6.82. The third-order valence-corrected chi connectivity index (χ3v) is 4.18. The van der Waals surface area contributed by atoms with Crippen molar-refractivity contribution >= 4 is 23.6 Å². The fourth-order valence-corrected chi connectivity index (χ4v) is 3.07. The molecule has 1 aromatic carbocycles. The van der Waals surface area contributed by atoms with Crippen LogP contribution in [0, 0.1) is 4.77 Å². The molecule has 0 aliphatic carbocycles. The molecule has 0 radical (unpaired) electrons. The van der Waals surface area contributed by atoms with Crippen molar-refractivity contribution in [3.05, 3.63) is 41.3 Å². The molecule has 0 saturated carbocycles. The minimum absolute atomic E-state index is 0.646. The minimum Gasteiger partial charge on any atom is -0.300 e. The van der Waals surface area contributed by atoms with E-state index in [-0.39, 0.29) is 0 Å². The van der Waals surface area contributed by atoms with Crippen molar-refractivity contribution in [1.29, 1.82) is 0 Å². The van der Waals surface area contributed by atoms with Crippen molar-refractivity contribution in [2.75, 3.05) is 0 Å². The van der Waals surface area contributed by atoms with Gasteiger partial charge in [0.1, 0.15) is 5.01 Å². The highest BCUT2D eigenvalue weighted by Crippen LogP contribution is 2.30. The first-order chi connectivity index (χ1) is 9.29. The Balaban J connectivity index is 2.04. The normalized spacial score (nSPS) is 10.8. The second-order valence-corrected chi connectivity index (χ2v) is 5.41. The molecule has 4 nitrogen and oxygen atoms in total. The number of hydrogen-bond acceptors (Lipinski definition) is 4. The molecule has 0 fully saturated rings. The van der Waals surface area contributed by atoms with Gasteiger partial charge in [-0.3, -0.25) is 9.67 Å². The maximum atomic E-state index is 5.20. The fraction of sp³-hybridized carbons (Fsp3) is 0.154. The van der Waals surface area contributed by atoms with Crippen LogP contribution >= 0.6 is 23.6 Å². The molecule has 0 aliphatic heterocycles. The average molecular weight is 288 g/mol. The number of nitrogens with zero attached hydrogens (tertiary/aromatic N) is 3. The zero-order chi connectivity index (χ0) is 13.2. The van der Waals surface area contributed by atoms with Crippen molar-refractivity contribution in [3.8, 4) is 21.3 Å². The second-order valence-electron chi connectivity index (χ2n) is 3.99. The van der Waals surface area contributed by atoms with Crippen LogP contribution in [0.2, 0.25) is 0 Å². The average Bonchev–Trinajstić information content (AvgIpc) is 3.06. The Morgan fingerprint density at radius 3 is 2.84 bits per heavy atom. The van der Waals surface area contributed by atoms with E-state index in [2.05, 4.69) is 27.3 Å². The van der Waals surface area contributed by atoms with Crippen LogP contribution in [-0.2, 0) is 6.54 Å². The van der Waals surface area contributed by atoms with Crippen LogP contribution in [0.1, 0.15) is 6.92 Å². The maximum absolute atomic E-state index is 5.20. The first kappa shape index (κ1) is 12.3. The first-order valence-corrected chi connectivity index (χ1v) is 7.19. The molecular weight excluding hydrogens is 276 g/mol. The van der Waals surface area contributed by atoms with Crippen molar-refractivity contribution < 1.29 is 0 Å². The molecular formula is C13H12N4S2. The molecule has 0 atom stereocenters. The Hall–Kier alpha value is -1.79. The summed E-state index contributed by atoms with van der Waals surface area (Å²) in [5.41, 5.74) is 1.12. The topological polar surface area (TPSA) is 46.5 Å². The van der Waals surface area contributed by atoms with Crippen LogP contribution in [0.5, 0.6) is 0 Å². The molecule has 1 N–H and O–H groups in total. The number of hydrogen-bond donors (Lipinski definition) is 1. The fourth-order valence-electron chi connectivity index (χ4n) is 1.89. The van der Waals surface area contributed by atoms with Gasteiger partial charge in [-0.1, -0.05) is 30.3 Å². The number of rotatable bonds is 3. The third kappa shape index (κ3) is 2.24. The molecule has 3 aromatic rings. The minimum atomic E-state index is 0.646. The van der Waals surface area contributed by atoms with Gasteiger partial charge in [-0.05, 0) is 19.1 Å². The van der Waals surface area contributed by atoms with E-state index in [1.807, 2.05) is 35.9 Å². The molecule has 19 heavy (non-hydrogen) atoms. The van der Waals surface area contributed by atoms with Crippen molar-refractivity contribution in [3.63, 3.8) is 0 Å². The number of thiazole rings is 1. The van der Waals surface area contributed by atoms with Gasteiger partial charge in [0.15, 0.2) is 10.6 Å². The van der Waals surface area contributed by atoms with Gasteiger partial charge in [-0.2, -0.15) is 5.10 Å². The smallest absolute Gasteiger partial charge is 0.195 e. The van der Waals surface area contributed by atoms with Gasteiger partial charge in [0, 0.05) is 18.3 Å². The van der Waals surface area contributed by atoms with Gasteiger partial charge in [0.25, 0.3) is 0 Å². The standard InChI is InChI=1S/C13H12N4S2/c1-2-17-11(15-16-13(17)18)10-8-14-12(19-10)9-6-4-3-5-7-9/h3-8H,2H2,1H3,(H,16,18). The van der Waals surface area contributed by atoms with Crippen molar-refractivity contribution in [2.24, 2.45) is 0 Å². The lowest BCUT2D eigenvalue weighted by Gasteiger charge is -1.99. The Morgan fingerprint density at radius 2 is 2.11 bits per heavy atom. The van der Waals surface area contributed by atoms with Crippen LogP contribution in [0.25, 0.3) is 21.3 Å². The molecule has 0 amide bonds. The number of nitrogens with one attached hydrogen (secondary N) is 1. The Kier molecular flexibility index (Phi) is 3.27. The highest BCUT2D eigenvalue weighted by atomic mass is 32.1. The number of aromatic nitrogens is 4. The molecule has 6 heteroatoms. The van der Waals surface area contributed by atoms with Crippen molar-refractivity contribution in [2.45, 2.75) is 13.5 Å². The lowest BCUT2D eigenvalue weighted by Crippen LogP contribution is -1.96. The van der Waals surface area contributed by atoms with Crippen molar-refractivity contribution in [1.82, 2.24) is 19.7 Å². The molecule has 0 spiro atoms. The number of H-pyrrole nitrogens is 1. The van der Waals surface area contributed by atoms with Crippen LogP contribution in [0.4, 0.5) is 0 Å². The van der Waals surface area contributed by atoms with E-state index < -0.39 is 0 Å². The monoisotopic (exact) mass is 288 g/mol. The predicted octanol–water partition coefficient (Wildman–Crippen LogP) is 3.75. The lowest BCUT2D eigenvalue weighted by molar-refractivity contribution is 0.756. The summed E-state index contributed by atoms with van der Waals surface area (Å²) < 4.78 is 2.62. The summed E-state index contributed by atoms with van der Waals surface area (Å²) in [4.78, 5) is 5.49. The maximum Gasteiger partial charge on any atom is 0.195 e. The Labute approximate surface area is 119 Å². The molecule has 0 unspecified atom stereocenters. The lowest BCUT2D eigenvalue weighted by atomic mass is 10.2. The molecule has 96 valence electrons. The summed E-state index contributed by atoms with van der Waals surface area (Å²) in [6.07, 6.45) is 1.85. The van der Waals surface area contributed by atoms with E-state index in [4.69, 9.17) is 12.2 Å².